The Morgan fingerprint density at radius 2 is 2.08 bits per heavy atom. The van der Waals surface area contributed by atoms with E-state index in [1.54, 1.807) is 0 Å². The Morgan fingerprint density at radius 1 is 1.23 bits per heavy atom. The molecule has 0 aromatic carbocycles. The smallest absolute Gasteiger partial charge is 0.0163 e. The average Bonchev–Trinajstić information content (AvgIpc) is 2.51. The fourth-order valence-electron chi connectivity index (χ4n) is 2.97. The minimum absolute atomic E-state index is 0.743. The first kappa shape index (κ1) is 9.89. The van der Waals surface area contributed by atoms with E-state index in [0.29, 0.717) is 0 Å². The van der Waals surface area contributed by atoms with Crippen LogP contribution in [0.15, 0.2) is 0 Å². The minimum Gasteiger partial charge on any atom is -0.155 e. The molecule has 1 spiro atoms. The molecular formula is C12H22S. The van der Waals surface area contributed by atoms with Crippen molar-refractivity contribution >= 4 is 11.8 Å². The maximum Gasteiger partial charge on any atom is 0.0163 e. The molecule has 0 aromatic rings. The van der Waals surface area contributed by atoms with Crippen LogP contribution in [0.4, 0.5) is 0 Å². The van der Waals surface area contributed by atoms with E-state index in [9.17, 15) is 0 Å². The van der Waals surface area contributed by atoms with Gasteiger partial charge in [0.2, 0.25) is 0 Å². The predicted molar refractivity (Wildman–Crippen MR) is 61.2 cm³/mol. The van der Waals surface area contributed by atoms with Gasteiger partial charge in [0.15, 0.2) is 0 Å². The van der Waals surface area contributed by atoms with E-state index < -0.39 is 0 Å². The van der Waals surface area contributed by atoms with Crippen LogP contribution in [-0.4, -0.2) is 10.5 Å². The predicted octanol–water partition coefficient (Wildman–Crippen LogP) is 4.10. The Hall–Kier alpha value is 0.350. The van der Waals surface area contributed by atoms with Gasteiger partial charge in [0, 0.05) is 4.75 Å². The summed E-state index contributed by atoms with van der Waals surface area (Å²) in [4.78, 5) is 0. The van der Waals surface area contributed by atoms with Crippen LogP contribution < -0.4 is 0 Å². The lowest BCUT2D eigenvalue weighted by Crippen LogP contribution is -2.25. The highest BCUT2D eigenvalue weighted by molar-refractivity contribution is 8.00. The van der Waals surface area contributed by atoms with Crippen molar-refractivity contribution in [2.75, 3.05) is 5.75 Å². The maximum atomic E-state index is 2.40. The van der Waals surface area contributed by atoms with Gasteiger partial charge in [-0.2, -0.15) is 11.8 Å². The fraction of sp³-hybridized carbons (Fsp3) is 1.00. The van der Waals surface area contributed by atoms with Crippen LogP contribution in [0.25, 0.3) is 0 Å². The molecule has 76 valence electrons. The van der Waals surface area contributed by atoms with Gasteiger partial charge in [-0.3, -0.25) is 0 Å². The van der Waals surface area contributed by atoms with Gasteiger partial charge >= 0.3 is 0 Å². The third-order valence-electron chi connectivity index (χ3n) is 3.98. The minimum atomic E-state index is 0.743. The van der Waals surface area contributed by atoms with Gasteiger partial charge in [-0.05, 0) is 49.7 Å². The lowest BCUT2D eigenvalue weighted by molar-refractivity contribution is 0.379. The van der Waals surface area contributed by atoms with E-state index in [0.717, 1.165) is 16.6 Å². The molecule has 0 aromatic heterocycles. The molecular weight excluding hydrogens is 176 g/mol. The van der Waals surface area contributed by atoms with Crippen LogP contribution in [0, 0.1) is 11.8 Å². The second kappa shape index (κ2) is 3.84. The van der Waals surface area contributed by atoms with Gasteiger partial charge in [-0.15, -0.1) is 0 Å². The number of rotatable bonds is 1. The van der Waals surface area contributed by atoms with Gasteiger partial charge in [0.25, 0.3) is 0 Å². The topological polar surface area (TPSA) is 0 Å². The van der Waals surface area contributed by atoms with Gasteiger partial charge in [0.05, 0.1) is 0 Å². The summed E-state index contributed by atoms with van der Waals surface area (Å²) in [5.74, 6) is 3.39. The first-order valence-electron chi connectivity index (χ1n) is 5.86. The zero-order valence-electron chi connectivity index (χ0n) is 9.01. The summed E-state index contributed by atoms with van der Waals surface area (Å²) in [6.45, 7) is 4.80. The summed E-state index contributed by atoms with van der Waals surface area (Å²) in [6, 6.07) is 0. The van der Waals surface area contributed by atoms with Crippen LogP contribution in [0.3, 0.4) is 0 Å². The van der Waals surface area contributed by atoms with Gasteiger partial charge in [-0.1, -0.05) is 20.3 Å². The van der Waals surface area contributed by atoms with E-state index in [1.165, 1.54) is 44.3 Å². The Morgan fingerprint density at radius 3 is 2.62 bits per heavy atom. The lowest BCUT2D eigenvalue weighted by atomic mass is 9.91. The Balaban J connectivity index is 1.94. The van der Waals surface area contributed by atoms with Crippen molar-refractivity contribution in [2.24, 2.45) is 11.8 Å². The zero-order valence-corrected chi connectivity index (χ0v) is 9.83. The van der Waals surface area contributed by atoms with E-state index >= 15 is 0 Å². The van der Waals surface area contributed by atoms with Crippen LogP contribution >= 0.6 is 11.8 Å². The van der Waals surface area contributed by atoms with E-state index in [4.69, 9.17) is 0 Å². The molecule has 2 rings (SSSR count). The molecule has 1 heteroatoms. The molecule has 1 saturated carbocycles. The molecule has 0 bridgehead atoms. The van der Waals surface area contributed by atoms with Crippen LogP contribution in [0.5, 0.6) is 0 Å². The molecule has 1 aliphatic carbocycles. The van der Waals surface area contributed by atoms with Crippen molar-refractivity contribution < 1.29 is 0 Å². The molecule has 2 aliphatic rings. The maximum absolute atomic E-state index is 2.40. The average molecular weight is 198 g/mol. The summed E-state index contributed by atoms with van der Waals surface area (Å²) in [6.07, 6.45) is 9.03. The van der Waals surface area contributed by atoms with Crippen molar-refractivity contribution in [3.63, 3.8) is 0 Å². The van der Waals surface area contributed by atoms with Crippen molar-refractivity contribution in [2.45, 2.75) is 57.1 Å². The Kier molecular flexibility index (Phi) is 2.92. The van der Waals surface area contributed by atoms with Crippen LogP contribution in [0.2, 0.25) is 0 Å². The van der Waals surface area contributed by atoms with Crippen molar-refractivity contribution in [1.82, 2.24) is 0 Å². The quantitative estimate of drug-likeness (QED) is 0.611. The summed E-state index contributed by atoms with van der Waals surface area (Å²) in [7, 11) is 0. The monoisotopic (exact) mass is 198 g/mol. The first-order chi connectivity index (χ1) is 6.22. The number of hydrogen-bond donors (Lipinski definition) is 0. The van der Waals surface area contributed by atoms with Gasteiger partial charge < -0.3 is 0 Å². The summed E-state index contributed by atoms with van der Waals surface area (Å²) in [5.41, 5.74) is 0. The van der Waals surface area contributed by atoms with E-state index in [-0.39, 0.29) is 0 Å². The Bertz CT molecular complexity index is 168. The Labute approximate surface area is 86.9 Å². The third kappa shape index (κ3) is 2.06. The van der Waals surface area contributed by atoms with Gasteiger partial charge in [-0.25, -0.2) is 0 Å². The standard InChI is InChI=1S/C12H22S/c1-10(2)11-5-7-12(9-11)6-3-4-8-13-12/h10-11H,3-9H2,1-2H3. The summed E-state index contributed by atoms with van der Waals surface area (Å²) < 4.78 is 0.743. The molecule has 0 radical (unpaired) electrons. The molecule has 0 nitrogen and oxygen atoms in total. The zero-order chi connectivity index (χ0) is 9.31. The normalized spacial score (nSPS) is 40.4. The highest BCUT2D eigenvalue weighted by atomic mass is 32.2. The highest BCUT2D eigenvalue weighted by Crippen LogP contribution is 2.51. The number of thioether (sulfide) groups is 1. The summed E-state index contributed by atoms with van der Waals surface area (Å²) >= 11 is 2.29. The molecule has 0 N–H and O–H groups in total. The fourth-order valence-corrected chi connectivity index (χ4v) is 4.63. The van der Waals surface area contributed by atoms with Crippen molar-refractivity contribution in [3.05, 3.63) is 0 Å². The largest absolute Gasteiger partial charge is 0.155 e. The first-order valence-corrected chi connectivity index (χ1v) is 6.84. The van der Waals surface area contributed by atoms with E-state index in [1.807, 2.05) is 0 Å². The molecule has 2 fully saturated rings. The summed E-state index contributed by atoms with van der Waals surface area (Å²) in [5, 5.41) is 0. The van der Waals surface area contributed by atoms with E-state index in [2.05, 4.69) is 25.6 Å². The molecule has 2 unspecified atom stereocenters. The highest BCUT2D eigenvalue weighted by Gasteiger charge is 2.40. The molecule has 1 aliphatic heterocycles. The second-order valence-electron chi connectivity index (χ2n) is 5.24. The van der Waals surface area contributed by atoms with Gasteiger partial charge in [0.1, 0.15) is 0 Å². The lowest BCUT2D eigenvalue weighted by Gasteiger charge is -2.33. The number of hydrogen-bond acceptors (Lipinski definition) is 1. The second-order valence-corrected chi connectivity index (χ2v) is 6.80. The molecule has 1 saturated heterocycles. The molecule has 1 heterocycles. The van der Waals surface area contributed by atoms with Crippen LogP contribution in [0.1, 0.15) is 52.4 Å². The molecule has 2 atom stereocenters. The SMILES string of the molecule is CC(C)C1CCC2(CCCCS2)C1. The third-order valence-corrected chi connectivity index (χ3v) is 5.66. The molecule has 13 heavy (non-hydrogen) atoms. The van der Waals surface area contributed by atoms with Crippen LogP contribution in [-0.2, 0) is 0 Å². The molecule has 0 amide bonds. The van der Waals surface area contributed by atoms with Crippen molar-refractivity contribution in [3.8, 4) is 0 Å². The van der Waals surface area contributed by atoms with Crippen molar-refractivity contribution in [1.29, 1.82) is 0 Å².